The van der Waals surface area contributed by atoms with Gasteiger partial charge in [0, 0.05) is 19.6 Å². The van der Waals surface area contributed by atoms with E-state index < -0.39 is 53.5 Å². The second-order valence-corrected chi connectivity index (χ2v) is 8.63. The molecule has 1 unspecified atom stereocenters. The first-order valence-corrected chi connectivity index (χ1v) is 11.4. The first kappa shape index (κ1) is 28.6. The SMILES string of the molecule is CC(NC(=O)/C(C(=N)C(F)(F)CO)=C1/NCCN1Cc1cccc(C(F)(F)F)c1)c1ccc(C(=O)O)cc1. The Morgan fingerprint density at radius 2 is 1.79 bits per heavy atom. The molecule has 1 saturated heterocycles. The van der Waals surface area contributed by atoms with Crippen LogP contribution in [0, 0.1) is 5.41 Å². The van der Waals surface area contributed by atoms with E-state index in [0.717, 1.165) is 12.1 Å². The van der Waals surface area contributed by atoms with E-state index >= 15 is 0 Å². The molecule has 1 amide bonds. The first-order valence-electron chi connectivity index (χ1n) is 11.4. The van der Waals surface area contributed by atoms with Crippen LogP contribution in [0.15, 0.2) is 59.9 Å². The van der Waals surface area contributed by atoms with Gasteiger partial charge >= 0.3 is 18.1 Å². The number of nitrogens with one attached hydrogen (secondary N) is 3. The minimum Gasteiger partial charge on any atom is -0.478 e. The Balaban J connectivity index is 1.95. The van der Waals surface area contributed by atoms with Gasteiger partial charge in [0.2, 0.25) is 0 Å². The maximum atomic E-state index is 14.4. The normalized spacial score (nSPS) is 16.0. The zero-order chi connectivity index (χ0) is 28.3. The lowest BCUT2D eigenvalue weighted by Gasteiger charge is -2.26. The first-order chi connectivity index (χ1) is 17.7. The Bertz CT molecular complexity index is 1250. The molecule has 8 nitrogen and oxygen atoms in total. The number of rotatable bonds is 9. The number of carboxylic acid groups (broad SMARTS) is 1. The quantitative estimate of drug-likeness (QED) is 0.188. The fourth-order valence-electron chi connectivity index (χ4n) is 3.87. The molecule has 13 heteroatoms. The van der Waals surface area contributed by atoms with Crippen molar-refractivity contribution in [3.8, 4) is 0 Å². The van der Waals surface area contributed by atoms with Gasteiger partial charge in [-0.3, -0.25) is 10.2 Å². The van der Waals surface area contributed by atoms with Crippen molar-refractivity contribution in [3.63, 3.8) is 0 Å². The molecule has 1 aliphatic rings. The minimum atomic E-state index is -4.59. The lowest BCUT2D eigenvalue weighted by Crippen LogP contribution is -2.42. The summed E-state index contributed by atoms with van der Waals surface area (Å²) >= 11 is 0. The average molecular weight is 540 g/mol. The van der Waals surface area contributed by atoms with E-state index in [1.807, 2.05) is 0 Å². The number of aliphatic hydroxyl groups excluding tert-OH is 1. The van der Waals surface area contributed by atoms with Gasteiger partial charge in [-0.05, 0) is 42.3 Å². The summed E-state index contributed by atoms with van der Waals surface area (Å²) in [6, 6.07) is 9.10. The number of hydrogen-bond acceptors (Lipinski definition) is 6. The number of halogens is 5. The van der Waals surface area contributed by atoms with Crippen molar-refractivity contribution in [2.45, 2.75) is 31.6 Å². The summed E-state index contributed by atoms with van der Waals surface area (Å²) in [5.74, 6) is -6.52. The topological polar surface area (TPSA) is 126 Å². The summed E-state index contributed by atoms with van der Waals surface area (Å²) in [6.07, 6.45) is -4.59. The molecular weight excluding hydrogens is 515 g/mol. The van der Waals surface area contributed by atoms with Crippen molar-refractivity contribution in [1.29, 1.82) is 5.41 Å². The molecule has 0 radical (unpaired) electrons. The third-order valence-corrected chi connectivity index (χ3v) is 5.90. The highest BCUT2D eigenvalue weighted by Crippen LogP contribution is 2.31. The molecule has 0 spiro atoms. The molecule has 1 atom stereocenters. The number of aliphatic hydroxyl groups is 1. The third-order valence-electron chi connectivity index (χ3n) is 5.90. The van der Waals surface area contributed by atoms with E-state index in [2.05, 4.69) is 10.6 Å². The van der Waals surface area contributed by atoms with Gasteiger partial charge in [0.25, 0.3) is 5.91 Å². The van der Waals surface area contributed by atoms with Crippen LogP contribution in [0.5, 0.6) is 0 Å². The predicted molar refractivity (Wildman–Crippen MR) is 127 cm³/mol. The van der Waals surface area contributed by atoms with Crippen LogP contribution in [0.4, 0.5) is 22.0 Å². The summed E-state index contributed by atoms with van der Waals surface area (Å²) in [4.78, 5) is 25.7. The number of aromatic carboxylic acids is 1. The number of carboxylic acids is 1. The summed E-state index contributed by atoms with van der Waals surface area (Å²) in [5.41, 5.74) is -2.49. The highest BCUT2D eigenvalue weighted by Gasteiger charge is 2.42. The van der Waals surface area contributed by atoms with Gasteiger partial charge in [-0.15, -0.1) is 0 Å². The average Bonchev–Trinajstić information content (AvgIpc) is 3.31. The molecule has 1 heterocycles. The van der Waals surface area contributed by atoms with E-state index in [-0.39, 0.29) is 36.6 Å². The Kier molecular flexibility index (Phi) is 8.40. The number of carbonyl (C=O) groups excluding carboxylic acids is 1. The Morgan fingerprint density at radius 1 is 1.13 bits per heavy atom. The van der Waals surface area contributed by atoms with Crippen molar-refractivity contribution in [2.75, 3.05) is 19.7 Å². The van der Waals surface area contributed by atoms with Gasteiger partial charge in [0.15, 0.2) is 0 Å². The van der Waals surface area contributed by atoms with Gasteiger partial charge in [-0.2, -0.15) is 22.0 Å². The molecule has 0 aromatic heterocycles. The molecule has 38 heavy (non-hydrogen) atoms. The molecule has 2 aromatic rings. The van der Waals surface area contributed by atoms with Crippen molar-refractivity contribution in [1.82, 2.24) is 15.5 Å². The van der Waals surface area contributed by atoms with Crippen LogP contribution < -0.4 is 10.6 Å². The van der Waals surface area contributed by atoms with Crippen LogP contribution in [-0.4, -0.2) is 58.3 Å². The fourth-order valence-corrected chi connectivity index (χ4v) is 3.87. The van der Waals surface area contributed by atoms with Crippen molar-refractivity contribution in [2.24, 2.45) is 0 Å². The van der Waals surface area contributed by atoms with E-state index in [1.165, 1.54) is 48.2 Å². The van der Waals surface area contributed by atoms with Crippen LogP contribution in [0.25, 0.3) is 0 Å². The maximum Gasteiger partial charge on any atom is 0.416 e. The summed E-state index contributed by atoms with van der Waals surface area (Å²) in [7, 11) is 0. The number of carbonyl (C=O) groups is 2. The second kappa shape index (κ2) is 11.2. The zero-order valence-electron chi connectivity index (χ0n) is 20.1. The third kappa shape index (κ3) is 6.46. The molecule has 1 fully saturated rings. The number of amides is 1. The molecule has 204 valence electrons. The highest BCUT2D eigenvalue weighted by atomic mass is 19.4. The van der Waals surface area contributed by atoms with E-state index in [4.69, 9.17) is 15.6 Å². The molecule has 3 rings (SSSR count). The number of alkyl halides is 5. The van der Waals surface area contributed by atoms with Gasteiger partial charge in [-0.25, -0.2) is 4.79 Å². The zero-order valence-corrected chi connectivity index (χ0v) is 20.1. The van der Waals surface area contributed by atoms with Crippen molar-refractivity contribution < 1.29 is 41.8 Å². The highest BCUT2D eigenvalue weighted by molar-refractivity contribution is 6.23. The van der Waals surface area contributed by atoms with Crippen LogP contribution in [0.2, 0.25) is 0 Å². The van der Waals surface area contributed by atoms with Gasteiger partial charge in [-0.1, -0.05) is 24.3 Å². The fraction of sp³-hybridized carbons (Fsp3) is 0.320. The lowest BCUT2D eigenvalue weighted by molar-refractivity contribution is -0.137. The molecule has 5 N–H and O–H groups in total. The molecule has 0 aliphatic carbocycles. The van der Waals surface area contributed by atoms with Crippen LogP contribution in [0.1, 0.15) is 40.0 Å². The van der Waals surface area contributed by atoms with E-state index in [1.54, 1.807) is 0 Å². The molecular formula is C25H25F5N4O4. The molecule has 0 saturated carbocycles. The molecule has 0 bridgehead atoms. The largest absolute Gasteiger partial charge is 0.478 e. The number of hydrogen-bond donors (Lipinski definition) is 5. The molecule has 1 aliphatic heterocycles. The Hall–Kier alpha value is -4.00. The van der Waals surface area contributed by atoms with Crippen LogP contribution in [0.3, 0.4) is 0 Å². The molecule has 2 aromatic carbocycles. The predicted octanol–water partition coefficient (Wildman–Crippen LogP) is 3.55. The Labute approximate surface area is 214 Å². The summed E-state index contributed by atoms with van der Waals surface area (Å²) in [5, 5.41) is 31.5. The number of benzene rings is 2. The van der Waals surface area contributed by atoms with Crippen molar-refractivity contribution in [3.05, 3.63) is 82.2 Å². The smallest absolute Gasteiger partial charge is 0.416 e. The summed E-state index contributed by atoms with van der Waals surface area (Å²) in [6.45, 7) is -0.0863. The van der Waals surface area contributed by atoms with E-state index in [0.29, 0.717) is 5.56 Å². The Morgan fingerprint density at radius 3 is 2.37 bits per heavy atom. The van der Waals surface area contributed by atoms with Gasteiger partial charge < -0.3 is 25.7 Å². The van der Waals surface area contributed by atoms with Crippen LogP contribution in [-0.2, 0) is 17.5 Å². The monoisotopic (exact) mass is 540 g/mol. The summed E-state index contributed by atoms with van der Waals surface area (Å²) < 4.78 is 68.2. The lowest BCUT2D eigenvalue weighted by atomic mass is 10.0. The van der Waals surface area contributed by atoms with Gasteiger partial charge in [0.05, 0.1) is 17.2 Å². The number of nitrogens with zero attached hydrogens (tertiary/aromatic N) is 1. The second-order valence-electron chi connectivity index (χ2n) is 8.63. The maximum absolute atomic E-state index is 14.4. The minimum absolute atomic E-state index is 0.000149. The standard InChI is InChI=1S/C25H25F5N4O4/c1-14(16-5-7-17(8-6-16)23(37)38)33-22(36)19(20(31)24(26,27)13-35)21-32-9-10-34(21)12-15-3-2-4-18(11-15)25(28,29)30/h2-8,11,14,31-32,35H,9-10,12-13H2,1H3,(H,33,36)(H,37,38)/b21-19-,31-20?. The van der Waals surface area contributed by atoms with Crippen LogP contribution >= 0.6 is 0 Å². The van der Waals surface area contributed by atoms with Gasteiger partial charge in [0.1, 0.15) is 23.7 Å². The van der Waals surface area contributed by atoms with Crippen molar-refractivity contribution >= 4 is 17.6 Å². The van der Waals surface area contributed by atoms with E-state index in [9.17, 15) is 31.5 Å².